The fourth-order valence-electron chi connectivity index (χ4n) is 0.994. The summed E-state index contributed by atoms with van der Waals surface area (Å²) >= 11 is 0. The normalized spacial score (nSPS) is 12.5. The Balaban J connectivity index is 3.05. The van der Waals surface area contributed by atoms with Crippen LogP contribution in [0.1, 0.15) is 45.4 Å². The Morgan fingerprint density at radius 2 is 2.09 bits per heavy atom. The van der Waals surface area contributed by atoms with Crippen molar-refractivity contribution in [3.05, 3.63) is 0 Å². The van der Waals surface area contributed by atoms with Crippen molar-refractivity contribution in [3.8, 4) is 6.07 Å². The molecule has 0 aliphatic rings. The SMILES string of the molecule is CCCCCC[C@H](F)CC#N. The van der Waals surface area contributed by atoms with Gasteiger partial charge in [-0.2, -0.15) is 5.26 Å². The lowest BCUT2D eigenvalue weighted by Gasteiger charge is -2.01. The molecule has 0 aliphatic heterocycles. The third kappa shape index (κ3) is 7.32. The van der Waals surface area contributed by atoms with Gasteiger partial charge in [-0.15, -0.1) is 0 Å². The zero-order chi connectivity index (χ0) is 8.53. The minimum atomic E-state index is -0.892. The van der Waals surface area contributed by atoms with E-state index in [0.717, 1.165) is 12.8 Å². The lowest BCUT2D eigenvalue weighted by Crippen LogP contribution is -1.97. The number of hydrogen-bond donors (Lipinski definition) is 0. The molecule has 64 valence electrons. The molecule has 0 aromatic rings. The zero-order valence-corrected chi connectivity index (χ0v) is 7.15. The summed E-state index contributed by atoms with van der Waals surface area (Å²) in [6, 6.07) is 1.83. The number of unbranched alkanes of at least 4 members (excludes halogenated alkanes) is 3. The van der Waals surface area contributed by atoms with E-state index in [9.17, 15) is 4.39 Å². The van der Waals surface area contributed by atoms with Gasteiger partial charge in [-0.05, 0) is 6.42 Å². The molecule has 0 saturated carbocycles. The molecular formula is C9H16FN. The highest BCUT2D eigenvalue weighted by atomic mass is 19.1. The first kappa shape index (κ1) is 10.4. The van der Waals surface area contributed by atoms with Gasteiger partial charge in [-0.3, -0.25) is 0 Å². The maximum atomic E-state index is 12.6. The van der Waals surface area contributed by atoms with Crippen LogP contribution in [0.2, 0.25) is 0 Å². The summed E-state index contributed by atoms with van der Waals surface area (Å²) in [5.41, 5.74) is 0. The van der Waals surface area contributed by atoms with E-state index in [-0.39, 0.29) is 6.42 Å². The zero-order valence-electron chi connectivity index (χ0n) is 7.15. The molecule has 11 heavy (non-hydrogen) atoms. The lowest BCUT2D eigenvalue weighted by atomic mass is 10.1. The molecule has 0 heterocycles. The van der Waals surface area contributed by atoms with E-state index in [1.807, 2.05) is 6.07 Å². The molecule has 0 amide bonds. The van der Waals surface area contributed by atoms with Crippen molar-refractivity contribution in [2.75, 3.05) is 0 Å². The Labute approximate surface area is 68.2 Å². The van der Waals surface area contributed by atoms with Gasteiger partial charge < -0.3 is 0 Å². The van der Waals surface area contributed by atoms with E-state index in [0.29, 0.717) is 6.42 Å². The van der Waals surface area contributed by atoms with Crippen molar-refractivity contribution in [1.29, 1.82) is 5.26 Å². The minimum absolute atomic E-state index is 0.0616. The first-order valence-corrected chi connectivity index (χ1v) is 4.32. The molecule has 2 heteroatoms. The van der Waals surface area contributed by atoms with Crippen LogP contribution in [-0.2, 0) is 0 Å². The molecule has 1 nitrogen and oxygen atoms in total. The van der Waals surface area contributed by atoms with Crippen molar-refractivity contribution >= 4 is 0 Å². The second kappa shape index (κ2) is 7.53. The van der Waals surface area contributed by atoms with Crippen LogP contribution in [0.4, 0.5) is 4.39 Å². The van der Waals surface area contributed by atoms with Crippen molar-refractivity contribution in [3.63, 3.8) is 0 Å². The van der Waals surface area contributed by atoms with E-state index < -0.39 is 6.17 Å². The fourth-order valence-corrected chi connectivity index (χ4v) is 0.994. The summed E-state index contributed by atoms with van der Waals surface area (Å²) in [7, 11) is 0. The summed E-state index contributed by atoms with van der Waals surface area (Å²) in [5.74, 6) is 0. The van der Waals surface area contributed by atoms with Crippen LogP contribution in [-0.4, -0.2) is 6.17 Å². The van der Waals surface area contributed by atoms with Gasteiger partial charge in [0, 0.05) is 0 Å². The third-order valence-corrected chi connectivity index (χ3v) is 1.68. The van der Waals surface area contributed by atoms with Crippen LogP contribution in [0.5, 0.6) is 0 Å². The molecular weight excluding hydrogens is 141 g/mol. The third-order valence-electron chi connectivity index (χ3n) is 1.68. The van der Waals surface area contributed by atoms with Gasteiger partial charge in [-0.25, -0.2) is 4.39 Å². The number of nitriles is 1. The van der Waals surface area contributed by atoms with Gasteiger partial charge in [0.25, 0.3) is 0 Å². The summed E-state index contributed by atoms with van der Waals surface area (Å²) in [6.07, 6.45) is 4.12. The van der Waals surface area contributed by atoms with Gasteiger partial charge in [0.05, 0.1) is 12.5 Å². The van der Waals surface area contributed by atoms with Crippen molar-refractivity contribution < 1.29 is 4.39 Å². The predicted molar refractivity (Wildman–Crippen MR) is 43.9 cm³/mol. The first-order chi connectivity index (χ1) is 5.31. The molecule has 0 fully saturated rings. The molecule has 0 N–H and O–H groups in total. The summed E-state index contributed by atoms with van der Waals surface area (Å²) < 4.78 is 12.6. The van der Waals surface area contributed by atoms with E-state index >= 15 is 0 Å². The van der Waals surface area contributed by atoms with Crippen molar-refractivity contribution in [2.45, 2.75) is 51.6 Å². The minimum Gasteiger partial charge on any atom is -0.246 e. The second-order valence-corrected chi connectivity index (χ2v) is 2.81. The van der Waals surface area contributed by atoms with E-state index in [2.05, 4.69) is 6.92 Å². The van der Waals surface area contributed by atoms with Crippen LogP contribution in [0, 0.1) is 11.3 Å². The number of halogens is 1. The van der Waals surface area contributed by atoms with Gasteiger partial charge in [0.1, 0.15) is 6.17 Å². The topological polar surface area (TPSA) is 23.8 Å². The van der Waals surface area contributed by atoms with Crippen LogP contribution in [0.25, 0.3) is 0 Å². The lowest BCUT2D eigenvalue weighted by molar-refractivity contribution is 0.310. The van der Waals surface area contributed by atoms with E-state index in [1.54, 1.807) is 0 Å². The second-order valence-electron chi connectivity index (χ2n) is 2.81. The summed E-state index contributed by atoms with van der Waals surface area (Å²) in [6.45, 7) is 2.13. The molecule has 0 rings (SSSR count). The Bertz CT molecular complexity index is 117. The molecule has 0 aromatic heterocycles. The molecule has 0 saturated heterocycles. The van der Waals surface area contributed by atoms with Crippen LogP contribution in [0.15, 0.2) is 0 Å². The van der Waals surface area contributed by atoms with Gasteiger partial charge in [-0.1, -0.05) is 32.6 Å². The maximum Gasteiger partial charge on any atom is 0.113 e. The predicted octanol–water partition coefficient (Wildman–Crippen LogP) is 3.21. The molecule has 0 spiro atoms. The average molecular weight is 157 g/mol. The maximum absolute atomic E-state index is 12.6. The highest BCUT2D eigenvalue weighted by molar-refractivity contribution is 4.74. The number of hydrogen-bond acceptors (Lipinski definition) is 1. The van der Waals surface area contributed by atoms with Gasteiger partial charge in [0.2, 0.25) is 0 Å². The Kier molecular flexibility index (Phi) is 7.13. The summed E-state index contributed by atoms with van der Waals surface area (Å²) in [4.78, 5) is 0. The van der Waals surface area contributed by atoms with E-state index in [1.165, 1.54) is 12.8 Å². The van der Waals surface area contributed by atoms with Crippen LogP contribution >= 0.6 is 0 Å². The largest absolute Gasteiger partial charge is 0.246 e. The Hall–Kier alpha value is -0.580. The average Bonchev–Trinajstić information content (AvgIpc) is 1.99. The fraction of sp³-hybridized carbons (Fsp3) is 0.889. The number of nitrogens with zero attached hydrogens (tertiary/aromatic N) is 1. The molecule has 0 aromatic carbocycles. The monoisotopic (exact) mass is 157 g/mol. The molecule has 0 radical (unpaired) electrons. The van der Waals surface area contributed by atoms with Crippen LogP contribution in [0.3, 0.4) is 0 Å². The smallest absolute Gasteiger partial charge is 0.113 e. The number of alkyl halides is 1. The Morgan fingerprint density at radius 3 is 2.64 bits per heavy atom. The quantitative estimate of drug-likeness (QED) is 0.543. The van der Waals surface area contributed by atoms with Crippen molar-refractivity contribution in [1.82, 2.24) is 0 Å². The number of rotatable bonds is 6. The first-order valence-electron chi connectivity index (χ1n) is 4.32. The molecule has 1 atom stereocenters. The van der Waals surface area contributed by atoms with Crippen molar-refractivity contribution in [2.24, 2.45) is 0 Å². The van der Waals surface area contributed by atoms with Gasteiger partial charge in [0.15, 0.2) is 0 Å². The van der Waals surface area contributed by atoms with E-state index in [4.69, 9.17) is 5.26 Å². The Morgan fingerprint density at radius 1 is 1.36 bits per heavy atom. The highest BCUT2D eigenvalue weighted by Crippen LogP contribution is 2.09. The highest BCUT2D eigenvalue weighted by Gasteiger charge is 2.03. The van der Waals surface area contributed by atoms with Gasteiger partial charge >= 0.3 is 0 Å². The van der Waals surface area contributed by atoms with Crippen LogP contribution < -0.4 is 0 Å². The standard InChI is InChI=1S/C9H16FN/c1-2-3-4-5-6-9(10)7-8-11/h9H,2-7H2,1H3/t9-/m0/s1. The molecule has 0 bridgehead atoms. The summed E-state index contributed by atoms with van der Waals surface area (Å²) in [5, 5.41) is 8.15. The molecule has 0 aliphatic carbocycles. The molecule has 0 unspecified atom stereocenters.